The molecule has 0 aliphatic heterocycles. The predicted molar refractivity (Wildman–Crippen MR) is 85.8 cm³/mol. The van der Waals surface area contributed by atoms with Crippen LogP contribution >= 0.6 is 7.60 Å². The maximum Gasteiger partial charge on any atom is 0.353 e. The normalized spacial score (nSPS) is 12.3. The van der Waals surface area contributed by atoms with E-state index in [1.165, 1.54) is 23.2 Å². The smallest absolute Gasteiger partial charge is 0.353 e. The van der Waals surface area contributed by atoms with Gasteiger partial charge in [-0.2, -0.15) is 4.73 Å². The van der Waals surface area contributed by atoms with E-state index in [1.807, 2.05) is 0 Å². The molecule has 0 bridgehead atoms. The highest BCUT2D eigenvalue weighted by atomic mass is 31.2. The lowest BCUT2D eigenvalue weighted by Crippen LogP contribution is -2.11. The molecule has 9 nitrogen and oxygen atoms in total. The Hall–Kier alpha value is -1.96. The standard InChI is InChI=1S/C13H20N5O4P/c1-3-21-23(19,22-4-2)8-6-5-7-20-18-10-17-11-12(14)15-9-16-13(11)18/h6,8-10H,3-5,7H2,1-2H3,(H2,14,15,16)/b8-6-. The van der Waals surface area contributed by atoms with Crippen molar-refractivity contribution >= 4 is 24.6 Å². The molecule has 2 rings (SSSR count). The van der Waals surface area contributed by atoms with Crippen LogP contribution in [0.15, 0.2) is 24.5 Å². The van der Waals surface area contributed by atoms with E-state index < -0.39 is 7.60 Å². The van der Waals surface area contributed by atoms with Gasteiger partial charge in [-0.15, -0.1) is 0 Å². The van der Waals surface area contributed by atoms with E-state index in [0.717, 1.165) is 0 Å². The van der Waals surface area contributed by atoms with Crippen molar-refractivity contribution in [2.75, 3.05) is 25.6 Å². The number of aromatic nitrogens is 4. The first kappa shape index (κ1) is 17.4. The van der Waals surface area contributed by atoms with Gasteiger partial charge in [0.2, 0.25) is 5.65 Å². The van der Waals surface area contributed by atoms with Crippen molar-refractivity contribution in [3.63, 3.8) is 0 Å². The van der Waals surface area contributed by atoms with Crippen LogP contribution in [-0.4, -0.2) is 39.5 Å². The van der Waals surface area contributed by atoms with Crippen LogP contribution in [0.3, 0.4) is 0 Å². The highest BCUT2D eigenvalue weighted by Gasteiger charge is 2.18. The Labute approximate surface area is 134 Å². The molecule has 0 amide bonds. The molecule has 0 aliphatic rings. The molecule has 0 aliphatic carbocycles. The summed E-state index contributed by atoms with van der Waals surface area (Å²) in [4.78, 5) is 17.6. The Morgan fingerprint density at radius 3 is 2.70 bits per heavy atom. The van der Waals surface area contributed by atoms with Gasteiger partial charge >= 0.3 is 7.60 Å². The molecular weight excluding hydrogens is 321 g/mol. The van der Waals surface area contributed by atoms with E-state index in [4.69, 9.17) is 19.6 Å². The van der Waals surface area contributed by atoms with E-state index >= 15 is 0 Å². The number of rotatable bonds is 9. The number of nitrogens with two attached hydrogens (primary N) is 1. The van der Waals surface area contributed by atoms with Crippen LogP contribution in [0.2, 0.25) is 0 Å². The van der Waals surface area contributed by atoms with Gasteiger partial charge in [0.1, 0.15) is 19.3 Å². The summed E-state index contributed by atoms with van der Waals surface area (Å²) >= 11 is 0. The molecule has 0 radical (unpaired) electrons. The summed E-state index contributed by atoms with van der Waals surface area (Å²) in [6.45, 7) is 4.51. The van der Waals surface area contributed by atoms with Gasteiger partial charge in [-0.25, -0.2) is 15.0 Å². The summed E-state index contributed by atoms with van der Waals surface area (Å²) in [6.07, 6.45) is 5.04. The number of nitrogen functional groups attached to an aromatic ring is 1. The third-order valence-electron chi connectivity index (χ3n) is 2.75. The summed E-state index contributed by atoms with van der Waals surface area (Å²) in [7, 11) is -3.16. The molecule has 126 valence electrons. The summed E-state index contributed by atoms with van der Waals surface area (Å²) in [5.41, 5.74) is 6.68. The Kier molecular flexibility index (Phi) is 6.09. The molecule has 0 fully saturated rings. The minimum absolute atomic E-state index is 0.298. The first-order valence-electron chi connectivity index (χ1n) is 7.23. The second-order valence-corrected chi connectivity index (χ2v) is 6.28. The van der Waals surface area contributed by atoms with E-state index in [1.54, 1.807) is 19.9 Å². The topological polar surface area (TPSA) is 114 Å². The van der Waals surface area contributed by atoms with Gasteiger partial charge in [-0.3, -0.25) is 4.57 Å². The highest BCUT2D eigenvalue weighted by Crippen LogP contribution is 2.49. The van der Waals surface area contributed by atoms with Crippen LogP contribution in [-0.2, 0) is 13.6 Å². The monoisotopic (exact) mass is 341 g/mol. The second kappa shape index (κ2) is 8.05. The van der Waals surface area contributed by atoms with Crippen LogP contribution in [0.1, 0.15) is 20.3 Å². The van der Waals surface area contributed by atoms with E-state index in [-0.39, 0.29) is 0 Å². The third-order valence-corrected chi connectivity index (χ3v) is 4.56. The van der Waals surface area contributed by atoms with Crippen LogP contribution in [0.5, 0.6) is 0 Å². The lowest BCUT2D eigenvalue weighted by atomic mass is 10.5. The third kappa shape index (κ3) is 4.51. The minimum Gasteiger partial charge on any atom is -0.410 e. The average molecular weight is 341 g/mol. The number of hydrogen-bond acceptors (Lipinski definition) is 8. The first-order chi connectivity index (χ1) is 11.1. The molecule has 10 heteroatoms. The predicted octanol–water partition coefficient (Wildman–Crippen LogP) is 2.01. The fraction of sp³-hybridized carbons (Fsp3) is 0.462. The highest BCUT2D eigenvalue weighted by molar-refractivity contribution is 7.57. The van der Waals surface area contributed by atoms with Crippen LogP contribution in [0.25, 0.3) is 11.2 Å². The summed E-state index contributed by atoms with van der Waals surface area (Å²) in [6, 6.07) is 0. The van der Waals surface area contributed by atoms with E-state index in [2.05, 4.69) is 15.0 Å². The Morgan fingerprint density at radius 1 is 1.26 bits per heavy atom. The van der Waals surface area contributed by atoms with Gasteiger partial charge in [-0.1, -0.05) is 6.08 Å². The molecule has 0 saturated carbocycles. The van der Waals surface area contributed by atoms with Crippen molar-refractivity contribution in [3.8, 4) is 0 Å². The van der Waals surface area contributed by atoms with Crippen molar-refractivity contribution in [2.24, 2.45) is 0 Å². The Morgan fingerprint density at radius 2 is 2.00 bits per heavy atom. The zero-order chi connectivity index (χ0) is 16.7. The average Bonchev–Trinajstić information content (AvgIpc) is 2.92. The van der Waals surface area contributed by atoms with Gasteiger partial charge < -0.3 is 19.6 Å². The van der Waals surface area contributed by atoms with Crippen molar-refractivity contribution in [3.05, 3.63) is 24.5 Å². The fourth-order valence-corrected chi connectivity index (χ4v) is 3.21. The summed E-state index contributed by atoms with van der Waals surface area (Å²) in [5, 5.41) is 0. The van der Waals surface area contributed by atoms with Gasteiger partial charge in [0, 0.05) is 12.2 Å². The van der Waals surface area contributed by atoms with Gasteiger partial charge in [0.15, 0.2) is 11.3 Å². The zero-order valence-electron chi connectivity index (χ0n) is 13.1. The molecule has 23 heavy (non-hydrogen) atoms. The van der Waals surface area contributed by atoms with E-state index in [9.17, 15) is 4.57 Å². The Bertz CT molecular complexity index is 707. The molecule has 2 aromatic heterocycles. The summed E-state index contributed by atoms with van der Waals surface area (Å²) < 4.78 is 23.9. The maximum absolute atomic E-state index is 12.2. The van der Waals surface area contributed by atoms with Crippen LogP contribution in [0, 0.1) is 0 Å². The Balaban J connectivity index is 1.90. The van der Waals surface area contributed by atoms with E-state index in [0.29, 0.717) is 43.2 Å². The maximum atomic E-state index is 12.2. The molecule has 2 N–H and O–H groups in total. The molecule has 0 saturated heterocycles. The van der Waals surface area contributed by atoms with Crippen molar-refractivity contribution in [2.45, 2.75) is 20.3 Å². The molecule has 0 spiro atoms. The zero-order valence-corrected chi connectivity index (χ0v) is 14.0. The first-order valence-corrected chi connectivity index (χ1v) is 8.84. The van der Waals surface area contributed by atoms with Gasteiger partial charge in [0.05, 0.1) is 13.2 Å². The molecule has 0 atom stereocenters. The number of imidazole rings is 1. The number of anilines is 1. The minimum atomic E-state index is -3.16. The fourth-order valence-electron chi connectivity index (χ4n) is 1.83. The number of hydrogen-bond donors (Lipinski definition) is 1. The van der Waals surface area contributed by atoms with Gasteiger partial charge in [0.25, 0.3) is 0 Å². The lowest BCUT2D eigenvalue weighted by molar-refractivity contribution is 0.121. The van der Waals surface area contributed by atoms with Crippen LogP contribution in [0.4, 0.5) is 5.82 Å². The molecule has 2 heterocycles. The van der Waals surface area contributed by atoms with Crippen LogP contribution < -0.4 is 10.6 Å². The van der Waals surface area contributed by atoms with Gasteiger partial charge in [-0.05, 0) is 13.8 Å². The molecule has 2 aromatic rings. The van der Waals surface area contributed by atoms with Crippen molar-refractivity contribution in [1.29, 1.82) is 0 Å². The SMILES string of the molecule is CCOP(=O)(/C=C\CCOn1cnc2c(N)ncnc21)OCC. The molecule has 0 aromatic carbocycles. The molecular formula is C13H20N5O4P. The largest absolute Gasteiger partial charge is 0.410 e. The number of nitrogens with zero attached hydrogens (tertiary/aromatic N) is 4. The lowest BCUT2D eigenvalue weighted by Gasteiger charge is -2.12. The quantitative estimate of drug-likeness (QED) is 0.544. The summed E-state index contributed by atoms with van der Waals surface area (Å²) in [5.74, 6) is 1.75. The van der Waals surface area contributed by atoms with Crippen molar-refractivity contribution < 1.29 is 18.5 Å². The molecule has 0 unspecified atom stereocenters. The number of fused-ring (bicyclic) bond motifs is 1. The van der Waals surface area contributed by atoms with Crippen molar-refractivity contribution in [1.82, 2.24) is 19.7 Å². The second-order valence-electron chi connectivity index (χ2n) is 4.38.